The van der Waals surface area contributed by atoms with E-state index in [1.807, 2.05) is 0 Å². The summed E-state index contributed by atoms with van der Waals surface area (Å²) in [4.78, 5) is 24.4. The number of esters is 1. The first-order valence-corrected chi connectivity index (χ1v) is 9.36. The fraction of sp³-hybridized carbons (Fsp3) is 0.278. The zero-order valence-electron chi connectivity index (χ0n) is 15.3. The van der Waals surface area contributed by atoms with Crippen molar-refractivity contribution in [3.8, 4) is 0 Å². The summed E-state index contributed by atoms with van der Waals surface area (Å²) in [5.41, 5.74) is 1.63. The molecule has 1 amide bonds. The third kappa shape index (κ3) is 6.07. The number of hydrogen-bond donors (Lipinski definition) is 1. The van der Waals surface area contributed by atoms with Gasteiger partial charge in [0.2, 0.25) is 0 Å². The Labute approximate surface area is 169 Å². The topological polar surface area (TPSA) is 73.2 Å². The van der Waals surface area contributed by atoms with Crippen LogP contribution in [0.5, 0.6) is 0 Å². The number of aryl methyl sites for hydroxylation is 2. The van der Waals surface area contributed by atoms with E-state index in [0.29, 0.717) is 38.8 Å². The summed E-state index contributed by atoms with van der Waals surface area (Å²) in [6.07, 6.45) is 1.57. The number of benzene rings is 1. The highest BCUT2D eigenvalue weighted by atomic mass is 35.5. The summed E-state index contributed by atoms with van der Waals surface area (Å²) in [5.74, 6) is -3.78. The van der Waals surface area contributed by atoms with Gasteiger partial charge in [0, 0.05) is 29.3 Å². The number of alkyl halides is 2. The summed E-state index contributed by atoms with van der Waals surface area (Å²) >= 11 is 6.48. The zero-order valence-corrected chi connectivity index (χ0v) is 16.9. The fourth-order valence-electron chi connectivity index (χ4n) is 2.22. The number of thioether (sulfide) groups is 1. The maximum atomic E-state index is 12.3. The van der Waals surface area contributed by atoms with E-state index in [-0.39, 0.29) is 0 Å². The molecule has 1 aromatic heterocycles. The second kappa shape index (κ2) is 9.70. The standard InChI is InChI=1S/C18H18ClF2N3O3S/c1-10-14(16(19)24(3)23-10)8-9-15(25)27-11(2)17(26)22-12-4-6-13(7-5-12)28-18(20)21/h4-9,11,18H,1-3H3,(H,22,26)/b9-8+/t11-/m1/s1. The molecular formula is C18H18ClF2N3O3S. The second-order valence-corrected chi connectivity index (χ2v) is 7.14. The summed E-state index contributed by atoms with van der Waals surface area (Å²) < 4.78 is 31.1. The van der Waals surface area contributed by atoms with E-state index in [1.54, 1.807) is 14.0 Å². The average molecular weight is 430 g/mol. The van der Waals surface area contributed by atoms with Crippen LogP contribution in [0.3, 0.4) is 0 Å². The Balaban J connectivity index is 1.90. The molecule has 0 aliphatic carbocycles. The molecule has 0 spiro atoms. The van der Waals surface area contributed by atoms with E-state index in [0.717, 1.165) is 6.08 Å². The smallest absolute Gasteiger partial charge is 0.331 e. The maximum Gasteiger partial charge on any atom is 0.331 e. The highest BCUT2D eigenvalue weighted by Crippen LogP contribution is 2.26. The lowest BCUT2D eigenvalue weighted by Crippen LogP contribution is -2.29. The van der Waals surface area contributed by atoms with Gasteiger partial charge in [-0.3, -0.25) is 9.48 Å². The van der Waals surface area contributed by atoms with Crippen LogP contribution >= 0.6 is 23.4 Å². The van der Waals surface area contributed by atoms with Gasteiger partial charge in [-0.25, -0.2) is 4.79 Å². The largest absolute Gasteiger partial charge is 0.449 e. The lowest BCUT2D eigenvalue weighted by Gasteiger charge is -2.12. The Kier molecular flexibility index (Phi) is 7.59. The Hall–Kier alpha value is -2.39. The van der Waals surface area contributed by atoms with Crippen molar-refractivity contribution in [2.75, 3.05) is 5.32 Å². The predicted molar refractivity (Wildman–Crippen MR) is 104 cm³/mol. The van der Waals surface area contributed by atoms with Crippen LogP contribution < -0.4 is 5.32 Å². The molecule has 0 unspecified atom stereocenters. The Morgan fingerprint density at radius 1 is 1.32 bits per heavy atom. The number of anilines is 1. The van der Waals surface area contributed by atoms with E-state index < -0.39 is 23.7 Å². The van der Waals surface area contributed by atoms with Gasteiger partial charge in [0.05, 0.1) is 5.69 Å². The maximum absolute atomic E-state index is 12.3. The van der Waals surface area contributed by atoms with Crippen LogP contribution in [0, 0.1) is 6.92 Å². The van der Waals surface area contributed by atoms with Gasteiger partial charge in [-0.1, -0.05) is 23.4 Å². The van der Waals surface area contributed by atoms with Crippen molar-refractivity contribution in [2.24, 2.45) is 7.05 Å². The zero-order chi connectivity index (χ0) is 20.8. The van der Waals surface area contributed by atoms with Gasteiger partial charge in [0.1, 0.15) is 5.15 Å². The molecule has 0 saturated carbocycles. The van der Waals surface area contributed by atoms with Crippen LogP contribution in [-0.4, -0.2) is 33.5 Å². The highest BCUT2D eigenvalue weighted by Gasteiger charge is 2.17. The summed E-state index contributed by atoms with van der Waals surface area (Å²) in [6, 6.07) is 5.91. The molecule has 28 heavy (non-hydrogen) atoms. The second-order valence-electron chi connectivity index (χ2n) is 5.72. The molecule has 0 saturated heterocycles. The number of nitrogens with one attached hydrogen (secondary N) is 1. The van der Waals surface area contributed by atoms with E-state index in [9.17, 15) is 18.4 Å². The molecule has 2 rings (SSSR count). The monoisotopic (exact) mass is 429 g/mol. The number of ether oxygens (including phenoxy) is 1. The number of halogens is 3. The number of hydrogen-bond acceptors (Lipinski definition) is 5. The predicted octanol–water partition coefficient (Wildman–Crippen LogP) is 4.28. The summed E-state index contributed by atoms with van der Waals surface area (Å²) in [6.45, 7) is 3.17. The van der Waals surface area contributed by atoms with Crippen LogP contribution in [0.15, 0.2) is 35.2 Å². The lowest BCUT2D eigenvalue weighted by molar-refractivity contribution is -0.148. The molecule has 1 aromatic carbocycles. The molecule has 0 fully saturated rings. The number of amides is 1. The number of rotatable bonds is 7. The van der Waals surface area contributed by atoms with Crippen LogP contribution in [0.1, 0.15) is 18.2 Å². The van der Waals surface area contributed by atoms with Crippen molar-refractivity contribution in [1.82, 2.24) is 9.78 Å². The van der Waals surface area contributed by atoms with Crippen molar-refractivity contribution in [2.45, 2.75) is 30.6 Å². The molecule has 150 valence electrons. The van der Waals surface area contributed by atoms with Crippen LogP contribution in [-0.2, 0) is 21.4 Å². The summed E-state index contributed by atoms with van der Waals surface area (Å²) in [7, 11) is 1.68. The first-order valence-electron chi connectivity index (χ1n) is 8.11. The van der Waals surface area contributed by atoms with Crippen LogP contribution in [0.4, 0.5) is 14.5 Å². The van der Waals surface area contributed by atoms with Crippen molar-refractivity contribution in [3.05, 3.63) is 46.8 Å². The van der Waals surface area contributed by atoms with Gasteiger partial charge < -0.3 is 10.1 Å². The minimum absolute atomic E-state index is 0.376. The molecule has 1 atom stereocenters. The number of nitrogens with zero attached hydrogens (tertiary/aromatic N) is 2. The van der Waals surface area contributed by atoms with Gasteiger partial charge in [0.15, 0.2) is 6.10 Å². The SMILES string of the molecule is Cc1nn(C)c(Cl)c1/C=C/C(=O)O[C@H](C)C(=O)Nc1ccc(SC(F)F)cc1. The van der Waals surface area contributed by atoms with Crippen molar-refractivity contribution < 1.29 is 23.1 Å². The lowest BCUT2D eigenvalue weighted by atomic mass is 10.2. The Morgan fingerprint density at radius 3 is 2.50 bits per heavy atom. The molecule has 1 N–H and O–H groups in total. The molecule has 1 heterocycles. The molecule has 0 aliphatic rings. The minimum atomic E-state index is -2.52. The quantitative estimate of drug-likeness (QED) is 0.404. The fourth-order valence-corrected chi connectivity index (χ4v) is 2.95. The van der Waals surface area contributed by atoms with Gasteiger partial charge in [-0.15, -0.1) is 0 Å². The normalized spacial score (nSPS) is 12.4. The van der Waals surface area contributed by atoms with Crippen molar-refractivity contribution in [1.29, 1.82) is 0 Å². The van der Waals surface area contributed by atoms with Crippen LogP contribution in [0.2, 0.25) is 5.15 Å². The molecular weight excluding hydrogens is 412 g/mol. The number of carbonyl (C=O) groups is 2. The molecule has 2 aromatic rings. The molecule has 0 bridgehead atoms. The van der Waals surface area contributed by atoms with E-state index in [4.69, 9.17) is 16.3 Å². The Bertz CT molecular complexity index is 885. The van der Waals surface area contributed by atoms with E-state index in [1.165, 1.54) is 41.9 Å². The van der Waals surface area contributed by atoms with Gasteiger partial charge >= 0.3 is 5.97 Å². The molecule has 10 heteroatoms. The Morgan fingerprint density at radius 2 is 1.96 bits per heavy atom. The highest BCUT2D eigenvalue weighted by molar-refractivity contribution is 7.99. The van der Waals surface area contributed by atoms with Crippen LogP contribution in [0.25, 0.3) is 6.08 Å². The average Bonchev–Trinajstić information content (AvgIpc) is 2.86. The third-order valence-electron chi connectivity index (χ3n) is 3.59. The van der Waals surface area contributed by atoms with Crippen molar-refractivity contribution in [3.63, 3.8) is 0 Å². The van der Waals surface area contributed by atoms with E-state index in [2.05, 4.69) is 10.4 Å². The molecule has 0 aliphatic heterocycles. The number of carbonyl (C=O) groups excluding carboxylic acids is 2. The molecule has 6 nitrogen and oxygen atoms in total. The van der Waals surface area contributed by atoms with Crippen molar-refractivity contribution >= 4 is 47.0 Å². The van der Waals surface area contributed by atoms with E-state index >= 15 is 0 Å². The first kappa shape index (κ1) is 21.9. The van der Waals surface area contributed by atoms with Gasteiger partial charge in [-0.2, -0.15) is 13.9 Å². The van der Waals surface area contributed by atoms with Gasteiger partial charge in [-0.05, 0) is 44.2 Å². The molecule has 0 radical (unpaired) electrons. The number of aromatic nitrogens is 2. The first-order chi connectivity index (χ1) is 13.2. The third-order valence-corrected chi connectivity index (χ3v) is 4.76. The summed E-state index contributed by atoms with van der Waals surface area (Å²) in [5, 5.41) is 7.05. The minimum Gasteiger partial charge on any atom is -0.449 e. The van der Waals surface area contributed by atoms with Gasteiger partial charge in [0.25, 0.3) is 11.7 Å².